The Balaban J connectivity index is 2.50. The fourth-order valence-electron chi connectivity index (χ4n) is 0.819. The fourth-order valence-corrected chi connectivity index (χ4v) is 1.01. The first-order chi connectivity index (χ1) is 4.74. The van der Waals surface area contributed by atoms with Crippen LogP contribution in [0.15, 0.2) is 11.8 Å². The number of rotatable bonds is 2. The molecule has 1 rings (SSSR count). The van der Waals surface area contributed by atoms with Gasteiger partial charge in [0.1, 0.15) is 5.76 Å². The second-order valence-corrected chi connectivity index (χ2v) is 2.59. The van der Waals surface area contributed by atoms with E-state index in [0.717, 1.165) is 0 Å². The predicted octanol–water partition coefficient (Wildman–Crippen LogP) is 1.49. The van der Waals surface area contributed by atoms with Crippen LogP contribution >= 0.6 is 11.6 Å². The van der Waals surface area contributed by atoms with Crippen molar-refractivity contribution in [3.8, 4) is 0 Å². The molecular weight excluding hydrogens is 152 g/mol. The van der Waals surface area contributed by atoms with Gasteiger partial charge < -0.3 is 4.74 Å². The lowest BCUT2D eigenvalue weighted by Crippen LogP contribution is -2.09. The van der Waals surface area contributed by atoms with E-state index in [1.165, 1.54) is 6.08 Å². The van der Waals surface area contributed by atoms with E-state index in [1.54, 1.807) is 6.92 Å². The molecule has 10 heavy (non-hydrogen) atoms. The number of halogens is 1. The molecule has 1 aliphatic rings. The van der Waals surface area contributed by atoms with Gasteiger partial charge in [-0.25, -0.2) is 0 Å². The Bertz CT molecular complexity index is 174. The van der Waals surface area contributed by atoms with Gasteiger partial charge in [0.15, 0.2) is 11.9 Å². The smallest absolute Gasteiger partial charge is 0.199 e. The molecule has 0 aromatic rings. The molecule has 0 amide bonds. The highest BCUT2D eigenvalue weighted by Gasteiger charge is 2.20. The van der Waals surface area contributed by atoms with Crippen molar-refractivity contribution >= 4 is 17.4 Å². The van der Waals surface area contributed by atoms with Gasteiger partial charge in [-0.2, -0.15) is 0 Å². The molecule has 1 heterocycles. The summed E-state index contributed by atoms with van der Waals surface area (Å²) in [7, 11) is 0. The van der Waals surface area contributed by atoms with Crippen molar-refractivity contribution < 1.29 is 9.53 Å². The van der Waals surface area contributed by atoms with E-state index in [0.29, 0.717) is 18.1 Å². The summed E-state index contributed by atoms with van der Waals surface area (Å²) in [6, 6.07) is 0. The highest BCUT2D eigenvalue weighted by molar-refractivity contribution is 6.18. The number of ketones is 1. The maximum absolute atomic E-state index is 10.8. The maximum atomic E-state index is 10.8. The molecule has 0 saturated heterocycles. The van der Waals surface area contributed by atoms with Crippen molar-refractivity contribution in [2.45, 2.75) is 19.4 Å². The second kappa shape index (κ2) is 3.06. The molecule has 1 aliphatic heterocycles. The van der Waals surface area contributed by atoms with Crippen LogP contribution in [0.5, 0.6) is 0 Å². The first kappa shape index (κ1) is 7.61. The van der Waals surface area contributed by atoms with Crippen molar-refractivity contribution in [3.63, 3.8) is 0 Å². The van der Waals surface area contributed by atoms with Crippen LogP contribution in [0.4, 0.5) is 0 Å². The lowest BCUT2D eigenvalue weighted by atomic mass is 10.3. The largest absolute Gasteiger partial charge is 0.487 e. The minimum Gasteiger partial charge on any atom is -0.487 e. The molecule has 0 aliphatic carbocycles. The summed E-state index contributed by atoms with van der Waals surface area (Å²) in [4.78, 5) is 10.8. The van der Waals surface area contributed by atoms with Gasteiger partial charge in [-0.05, 0) is 6.92 Å². The molecular formula is C7H9ClO2. The molecule has 56 valence electrons. The van der Waals surface area contributed by atoms with Gasteiger partial charge in [0.2, 0.25) is 0 Å². The van der Waals surface area contributed by atoms with Crippen molar-refractivity contribution in [2.75, 3.05) is 5.88 Å². The van der Waals surface area contributed by atoms with Gasteiger partial charge in [0.25, 0.3) is 0 Å². The van der Waals surface area contributed by atoms with Crippen LogP contribution in [0.2, 0.25) is 0 Å². The molecule has 0 fully saturated rings. The lowest BCUT2D eigenvalue weighted by Gasteiger charge is -2.04. The molecule has 0 saturated carbocycles. The average molecular weight is 161 g/mol. The molecule has 0 spiro atoms. The van der Waals surface area contributed by atoms with E-state index >= 15 is 0 Å². The predicted molar refractivity (Wildman–Crippen MR) is 39.0 cm³/mol. The van der Waals surface area contributed by atoms with Crippen LogP contribution in [0, 0.1) is 0 Å². The van der Waals surface area contributed by atoms with E-state index in [1.807, 2.05) is 0 Å². The third-order valence-electron chi connectivity index (χ3n) is 1.37. The van der Waals surface area contributed by atoms with Crippen molar-refractivity contribution in [2.24, 2.45) is 0 Å². The van der Waals surface area contributed by atoms with Gasteiger partial charge in [-0.3, -0.25) is 4.79 Å². The summed E-state index contributed by atoms with van der Waals surface area (Å²) in [5.74, 6) is 1.26. The van der Waals surface area contributed by atoms with Gasteiger partial charge in [0, 0.05) is 18.4 Å². The normalized spacial score (nSPS) is 24.4. The molecule has 0 radical (unpaired) electrons. The van der Waals surface area contributed by atoms with Crippen molar-refractivity contribution in [1.82, 2.24) is 0 Å². The van der Waals surface area contributed by atoms with E-state index in [2.05, 4.69) is 0 Å². The number of hydrogen-bond acceptors (Lipinski definition) is 2. The van der Waals surface area contributed by atoms with Crippen LogP contribution in [-0.4, -0.2) is 17.8 Å². The molecule has 1 atom stereocenters. The summed E-state index contributed by atoms with van der Waals surface area (Å²) < 4.78 is 5.14. The van der Waals surface area contributed by atoms with E-state index in [-0.39, 0.29) is 11.9 Å². The summed E-state index contributed by atoms with van der Waals surface area (Å²) >= 11 is 5.44. The quantitative estimate of drug-likeness (QED) is 0.572. The topological polar surface area (TPSA) is 26.3 Å². The Morgan fingerprint density at radius 2 is 2.50 bits per heavy atom. The van der Waals surface area contributed by atoms with Gasteiger partial charge in [-0.15, -0.1) is 11.6 Å². The van der Waals surface area contributed by atoms with Gasteiger partial charge in [-0.1, -0.05) is 0 Å². The monoisotopic (exact) mass is 160 g/mol. The highest BCUT2D eigenvalue weighted by Crippen LogP contribution is 2.16. The zero-order valence-corrected chi connectivity index (χ0v) is 6.52. The second-order valence-electron chi connectivity index (χ2n) is 2.21. The molecule has 0 bridgehead atoms. The van der Waals surface area contributed by atoms with Gasteiger partial charge in [0.05, 0.1) is 0 Å². The maximum Gasteiger partial charge on any atom is 0.199 e. The fraction of sp³-hybridized carbons (Fsp3) is 0.571. The third-order valence-corrected chi connectivity index (χ3v) is 1.56. The first-order valence-corrected chi connectivity index (χ1v) is 3.74. The number of carbonyl (C=O) groups excluding carboxylic acids is 1. The van der Waals surface area contributed by atoms with Crippen LogP contribution in [0.25, 0.3) is 0 Å². The Hall–Kier alpha value is -0.500. The van der Waals surface area contributed by atoms with Crippen molar-refractivity contribution in [1.29, 1.82) is 0 Å². The highest BCUT2D eigenvalue weighted by atomic mass is 35.5. The first-order valence-electron chi connectivity index (χ1n) is 3.21. The van der Waals surface area contributed by atoms with Crippen molar-refractivity contribution in [3.05, 3.63) is 11.8 Å². The molecule has 1 unspecified atom stereocenters. The summed E-state index contributed by atoms with van der Waals surface area (Å²) in [6.07, 6.45) is 1.88. The SMILES string of the molecule is CC1OC(CCCl)=CC1=O. The van der Waals surface area contributed by atoms with Gasteiger partial charge >= 0.3 is 0 Å². The Morgan fingerprint density at radius 1 is 1.80 bits per heavy atom. The summed E-state index contributed by atoms with van der Waals surface area (Å²) in [6.45, 7) is 1.74. The minimum absolute atomic E-state index is 0.0418. The van der Waals surface area contributed by atoms with Crippen LogP contribution < -0.4 is 0 Å². The van der Waals surface area contributed by atoms with E-state index in [4.69, 9.17) is 16.3 Å². The number of alkyl halides is 1. The van der Waals surface area contributed by atoms with E-state index in [9.17, 15) is 4.79 Å². The molecule has 2 nitrogen and oxygen atoms in total. The lowest BCUT2D eigenvalue weighted by molar-refractivity contribution is -0.119. The van der Waals surface area contributed by atoms with E-state index < -0.39 is 0 Å². The Kier molecular flexibility index (Phi) is 2.33. The summed E-state index contributed by atoms with van der Waals surface area (Å²) in [5, 5.41) is 0. The van der Waals surface area contributed by atoms with Crippen LogP contribution in [-0.2, 0) is 9.53 Å². The average Bonchev–Trinajstić information content (AvgIpc) is 2.14. The Morgan fingerprint density at radius 3 is 2.90 bits per heavy atom. The molecule has 0 N–H and O–H groups in total. The molecule has 3 heteroatoms. The summed E-state index contributed by atoms with van der Waals surface area (Å²) in [5.41, 5.74) is 0. The zero-order valence-electron chi connectivity index (χ0n) is 5.76. The Labute approximate surface area is 64.8 Å². The number of hydrogen-bond donors (Lipinski definition) is 0. The molecule has 0 aromatic heterocycles. The number of ether oxygens (including phenoxy) is 1. The minimum atomic E-state index is -0.293. The third kappa shape index (κ3) is 1.51. The zero-order chi connectivity index (χ0) is 7.56. The standard InChI is InChI=1S/C7H9ClO2/c1-5-7(9)4-6(10-5)2-3-8/h4-5H,2-3H2,1H3. The van der Waals surface area contributed by atoms with Crippen LogP contribution in [0.1, 0.15) is 13.3 Å². The molecule has 0 aromatic carbocycles. The van der Waals surface area contributed by atoms with Crippen LogP contribution in [0.3, 0.4) is 0 Å². The number of allylic oxidation sites excluding steroid dienone is 1. The number of carbonyl (C=O) groups is 1.